The molecule has 0 atom stereocenters. The number of rotatable bonds is 5. The van der Waals surface area contributed by atoms with Crippen LogP contribution >= 0.6 is 38.9 Å². The van der Waals surface area contributed by atoms with Gasteiger partial charge in [-0.15, -0.1) is 11.3 Å². The zero-order chi connectivity index (χ0) is 24.0. The first-order valence-electron chi connectivity index (χ1n) is 10.3. The fourth-order valence-corrected chi connectivity index (χ4v) is 7.12. The molecule has 0 saturated heterocycles. The Morgan fingerprint density at radius 1 is 1.06 bits per heavy atom. The Bertz CT molecular complexity index is 1690. The second kappa shape index (κ2) is 8.85. The van der Waals surface area contributed by atoms with Crippen molar-refractivity contribution in [2.75, 3.05) is 0 Å². The van der Waals surface area contributed by atoms with Crippen molar-refractivity contribution in [3.8, 4) is 0 Å². The Labute approximate surface area is 213 Å². The maximum Gasteiger partial charge on any atom is 0.273 e. The minimum Gasteiger partial charge on any atom is -0.358 e. The number of hydrogen-bond acceptors (Lipinski definition) is 4. The van der Waals surface area contributed by atoms with Gasteiger partial charge < -0.3 is 4.98 Å². The number of carbonyl (C=O) groups is 1. The topological polar surface area (TPSA) is 79.0 Å². The molecule has 0 radical (unpaired) electrons. The predicted octanol–water partition coefficient (Wildman–Crippen LogP) is 6.82. The van der Waals surface area contributed by atoms with Crippen molar-refractivity contribution in [2.24, 2.45) is 0 Å². The number of aromatic nitrogens is 1. The van der Waals surface area contributed by atoms with Gasteiger partial charge in [0.15, 0.2) is 0 Å². The molecule has 34 heavy (non-hydrogen) atoms. The van der Waals surface area contributed by atoms with E-state index in [0.29, 0.717) is 10.8 Å². The number of nitrogens with one attached hydrogen (secondary N) is 2. The number of halogens is 2. The van der Waals surface area contributed by atoms with Gasteiger partial charge >= 0.3 is 0 Å². The lowest BCUT2D eigenvalue weighted by molar-refractivity contribution is 0.0981. The summed E-state index contributed by atoms with van der Waals surface area (Å²) in [6.45, 7) is 2.00. The highest BCUT2D eigenvalue weighted by Gasteiger charge is 2.22. The molecule has 1 amide bonds. The molecule has 2 heterocycles. The van der Waals surface area contributed by atoms with Crippen LogP contribution in [0.1, 0.15) is 27.2 Å². The Kier molecular flexibility index (Phi) is 6.02. The highest BCUT2D eigenvalue weighted by molar-refractivity contribution is 9.10. The summed E-state index contributed by atoms with van der Waals surface area (Å²) in [5.74, 6) is -0.692. The van der Waals surface area contributed by atoms with Gasteiger partial charge in [0.2, 0.25) is 0 Å². The molecule has 0 aliphatic rings. The molecule has 9 heteroatoms. The monoisotopic (exact) mass is 572 g/mol. The van der Waals surface area contributed by atoms with Gasteiger partial charge in [0.25, 0.3) is 15.9 Å². The molecule has 0 aliphatic heterocycles. The first-order valence-corrected chi connectivity index (χ1v) is 13.8. The van der Waals surface area contributed by atoms with E-state index in [1.54, 1.807) is 18.2 Å². The second-order valence-electron chi connectivity index (χ2n) is 7.92. The molecule has 5 aromatic rings. The van der Waals surface area contributed by atoms with E-state index >= 15 is 0 Å². The number of amides is 1. The van der Waals surface area contributed by atoms with Gasteiger partial charge in [0.05, 0.1) is 4.34 Å². The van der Waals surface area contributed by atoms with Gasteiger partial charge in [-0.3, -0.25) is 4.79 Å². The smallest absolute Gasteiger partial charge is 0.273 e. The quantitative estimate of drug-likeness (QED) is 0.242. The summed E-state index contributed by atoms with van der Waals surface area (Å²) < 4.78 is 28.6. The van der Waals surface area contributed by atoms with Crippen molar-refractivity contribution >= 4 is 76.5 Å². The third-order valence-electron chi connectivity index (χ3n) is 5.73. The Morgan fingerprint density at radius 2 is 1.85 bits per heavy atom. The Balaban J connectivity index is 1.50. The normalized spacial score (nSPS) is 11.9. The number of fused-ring (bicyclic) bond motifs is 2. The highest BCUT2D eigenvalue weighted by atomic mass is 79.9. The maximum absolute atomic E-state index is 12.8. The van der Waals surface area contributed by atoms with Crippen LogP contribution < -0.4 is 4.72 Å². The molecule has 0 unspecified atom stereocenters. The molecule has 5 rings (SSSR count). The van der Waals surface area contributed by atoms with Crippen LogP contribution in [0, 0.1) is 6.92 Å². The first kappa shape index (κ1) is 23.1. The molecular formula is C25H18BrClN2O3S2. The van der Waals surface area contributed by atoms with Crippen LogP contribution in [0.4, 0.5) is 0 Å². The van der Waals surface area contributed by atoms with E-state index in [1.807, 2.05) is 19.1 Å². The fourth-order valence-electron chi connectivity index (χ4n) is 4.03. The minimum absolute atomic E-state index is 0.00809. The number of hydrogen-bond donors (Lipinski definition) is 2. The summed E-state index contributed by atoms with van der Waals surface area (Å²) in [5, 5.41) is 3.17. The molecule has 0 spiro atoms. The van der Waals surface area contributed by atoms with E-state index in [4.69, 9.17) is 11.6 Å². The van der Waals surface area contributed by atoms with Crippen LogP contribution in [0.3, 0.4) is 0 Å². The van der Waals surface area contributed by atoms with Crippen molar-refractivity contribution in [3.63, 3.8) is 0 Å². The van der Waals surface area contributed by atoms with Gasteiger partial charge in [0.1, 0.15) is 4.21 Å². The van der Waals surface area contributed by atoms with Crippen molar-refractivity contribution in [1.82, 2.24) is 9.71 Å². The molecule has 2 aromatic heterocycles. The van der Waals surface area contributed by atoms with E-state index in [1.165, 1.54) is 12.1 Å². The minimum atomic E-state index is -4.00. The van der Waals surface area contributed by atoms with E-state index in [-0.39, 0.29) is 9.77 Å². The molecule has 0 saturated carbocycles. The van der Waals surface area contributed by atoms with Gasteiger partial charge in [-0.2, -0.15) is 0 Å². The number of sulfonamides is 1. The number of aromatic amines is 1. The summed E-state index contributed by atoms with van der Waals surface area (Å²) in [6.07, 6.45) is 0.647. The highest BCUT2D eigenvalue weighted by Crippen LogP contribution is 2.32. The number of aryl methyl sites for hydroxylation is 1. The zero-order valence-corrected chi connectivity index (χ0v) is 21.8. The maximum atomic E-state index is 12.8. The summed E-state index contributed by atoms with van der Waals surface area (Å²) in [4.78, 5) is 16.2. The van der Waals surface area contributed by atoms with Gasteiger partial charge in [-0.25, -0.2) is 13.1 Å². The third kappa shape index (κ3) is 4.27. The van der Waals surface area contributed by atoms with Crippen molar-refractivity contribution in [1.29, 1.82) is 0 Å². The fraction of sp³-hybridized carbons (Fsp3) is 0.0800. The Hall–Kier alpha value is -2.65. The zero-order valence-electron chi connectivity index (χ0n) is 17.9. The standard InChI is InChI=1S/C25H18BrClN2O3S2/c1-14-19(12-16-7-6-15-4-2-3-5-18(15)24(16)26)20-13-17(8-9-21(20)28-14)25(30)29-34(31,32)23-11-10-22(27)33-23/h2-11,13,28H,12H2,1H3,(H,29,30). The Morgan fingerprint density at radius 3 is 2.62 bits per heavy atom. The summed E-state index contributed by atoms with van der Waals surface area (Å²) in [7, 11) is -4.00. The molecule has 2 N–H and O–H groups in total. The second-order valence-corrected chi connectivity index (χ2v) is 12.3. The summed E-state index contributed by atoms with van der Waals surface area (Å²) in [6, 6.07) is 20.4. The molecular weight excluding hydrogens is 556 g/mol. The van der Waals surface area contributed by atoms with Gasteiger partial charge in [-0.1, -0.05) is 48.0 Å². The van der Waals surface area contributed by atoms with E-state index < -0.39 is 15.9 Å². The van der Waals surface area contributed by atoms with Crippen LogP contribution in [0.2, 0.25) is 4.34 Å². The predicted molar refractivity (Wildman–Crippen MR) is 141 cm³/mol. The third-order valence-corrected chi connectivity index (χ3v) is 9.72. The number of benzene rings is 3. The number of thiophene rings is 1. The summed E-state index contributed by atoms with van der Waals surface area (Å²) >= 11 is 10.5. The SMILES string of the molecule is Cc1[nH]c2ccc(C(=O)NS(=O)(=O)c3ccc(Cl)s3)cc2c1Cc1ccc2ccccc2c1Br. The molecule has 0 bridgehead atoms. The van der Waals surface area contributed by atoms with Crippen LogP contribution in [-0.2, 0) is 16.4 Å². The summed E-state index contributed by atoms with van der Waals surface area (Å²) in [5.41, 5.74) is 4.31. The first-order chi connectivity index (χ1) is 16.2. The van der Waals surface area contributed by atoms with E-state index in [2.05, 4.69) is 49.9 Å². The largest absolute Gasteiger partial charge is 0.358 e. The lowest BCUT2D eigenvalue weighted by Gasteiger charge is -2.09. The van der Waals surface area contributed by atoms with Crippen LogP contribution in [-0.4, -0.2) is 19.3 Å². The van der Waals surface area contributed by atoms with Crippen LogP contribution in [0.15, 0.2) is 75.4 Å². The van der Waals surface area contributed by atoms with Crippen molar-refractivity contribution < 1.29 is 13.2 Å². The number of carbonyl (C=O) groups excluding carboxylic acids is 1. The van der Waals surface area contributed by atoms with Crippen molar-refractivity contribution in [3.05, 3.63) is 97.9 Å². The van der Waals surface area contributed by atoms with Gasteiger partial charge in [-0.05, 0) is 75.1 Å². The van der Waals surface area contributed by atoms with E-state index in [0.717, 1.165) is 54.3 Å². The lowest BCUT2D eigenvalue weighted by Crippen LogP contribution is -2.30. The number of H-pyrrole nitrogens is 1. The molecule has 0 fully saturated rings. The van der Waals surface area contributed by atoms with Crippen LogP contribution in [0.5, 0.6) is 0 Å². The molecule has 0 aliphatic carbocycles. The van der Waals surface area contributed by atoms with E-state index in [9.17, 15) is 13.2 Å². The molecule has 3 aromatic carbocycles. The van der Waals surface area contributed by atoms with Crippen molar-refractivity contribution in [2.45, 2.75) is 17.6 Å². The molecule has 172 valence electrons. The lowest BCUT2D eigenvalue weighted by atomic mass is 9.98. The molecule has 5 nitrogen and oxygen atoms in total. The average Bonchev–Trinajstić information content (AvgIpc) is 3.38. The van der Waals surface area contributed by atoms with Crippen LogP contribution in [0.25, 0.3) is 21.7 Å². The average molecular weight is 574 g/mol. The van der Waals surface area contributed by atoms with Gasteiger partial charge in [0, 0.05) is 33.1 Å².